The first-order valence-corrected chi connectivity index (χ1v) is 10.1. The van der Waals surface area contributed by atoms with E-state index in [1.165, 1.54) is 0 Å². The van der Waals surface area contributed by atoms with E-state index in [9.17, 15) is 14.4 Å². The molecule has 164 valence electrons. The number of rotatable bonds is 6. The lowest BCUT2D eigenvalue weighted by atomic mass is 9.87. The molecule has 2 rings (SSSR count). The molecular weight excluding hydrogens is 378 g/mol. The highest BCUT2D eigenvalue weighted by Gasteiger charge is 2.18. The van der Waals surface area contributed by atoms with E-state index in [1.807, 2.05) is 41.5 Å². The zero-order valence-corrected chi connectivity index (χ0v) is 18.7. The van der Waals surface area contributed by atoms with E-state index in [0.717, 1.165) is 5.56 Å². The molecule has 0 saturated carbocycles. The minimum Gasteiger partial charge on any atom is -0.456 e. The van der Waals surface area contributed by atoms with Gasteiger partial charge in [-0.2, -0.15) is 0 Å². The Balaban J connectivity index is 0.00000480. The van der Waals surface area contributed by atoms with Crippen LogP contribution in [0.25, 0.3) is 0 Å². The lowest BCUT2D eigenvalue weighted by molar-refractivity contribution is -0.115. The van der Waals surface area contributed by atoms with E-state index >= 15 is 0 Å². The Morgan fingerprint density at radius 3 is 1.87 bits per heavy atom. The van der Waals surface area contributed by atoms with Gasteiger partial charge in [-0.05, 0) is 56.0 Å². The van der Waals surface area contributed by atoms with Gasteiger partial charge in [-0.15, -0.1) is 0 Å². The lowest BCUT2D eigenvalue weighted by Crippen LogP contribution is -2.23. The van der Waals surface area contributed by atoms with Crippen molar-refractivity contribution >= 4 is 23.3 Å². The Morgan fingerprint density at radius 1 is 0.833 bits per heavy atom. The summed E-state index contributed by atoms with van der Waals surface area (Å²) in [6.07, 6.45) is 0.674. The van der Waals surface area contributed by atoms with Gasteiger partial charge in [0.15, 0.2) is 5.78 Å². The molecule has 0 aliphatic heterocycles. The second kappa shape index (κ2) is 9.24. The Labute approximate surface area is 181 Å². The average molecular weight is 414 g/mol. The number of ether oxygens (including phenoxy) is 1. The largest absolute Gasteiger partial charge is 0.456 e. The molecule has 0 bridgehead atoms. The number of carbonyl (C=O) groups excluding carboxylic acids is 3. The molecule has 5 heteroatoms. The fourth-order valence-electron chi connectivity index (χ4n) is 2.81. The molecule has 5 nitrogen and oxygen atoms in total. The van der Waals surface area contributed by atoms with Crippen LogP contribution in [-0.4, -0.2) is 23.3 Å². The van der Waals surface area contributed by atoms with Gasteiger partial charge in [0.05, 0.1) is 12.0 Å². The smallest absolute Gasteiger partial charge is 0.338 e. The summed E-state index contributed by atoms with van der Waals surface area (Å²) in [5.41, 5.74) is 1.89. The zero-order chi connectivity index (χ0) is 22.5. The number of ketones is 1. The molecule has 0 heterocycles. The number of Topliss-reactive ketones (excluding diaryl/α,β-unsaturated/α-hetero) is 1. The first kappa shape index (κ1) is 23.3. The molecule has 0 radical (unpaired) electrons. The van der Waals surface area contributed by atoms with Crippen LogP contribution in [0, 0.1) is 5.41 Å². The number of carbonyl (C=O) groups is 3. The van der Waals surface area contributed by atoms with Gasteiger partial charge in [0.1, 0.15) is 5.60 Å². The quantitative estimate of drug-likeness (QED) is 0.470. The second-order valence-electron chi connectivity index (χ2n) is 9.66. The van der Waals surface area contributed by atoms with Crippen molar-refractivity contribution in [2.75, 3.05) is 5.32 Å². The molecule has 1 N–H and O–H groups in total. The van der Waals surface area contributed by atoms with Gasteiger partial charge in [0.2, 0.25) is 5.91 Å². The summed E-state index contributed by atoms with van der Waals surface area (Å²) in [5, 5.41) is 2.82. The fraction of sp³-hybridized carbons (Fsp3) is 0.400. The van der Waals surface area contributed by atoms with E-state index in [4.69, 9.17) is 4.74 Å². The van der Waals surface area contributed by atoms with Crippen molar-refractivity contribution in [3.63, 3.8) is 0 Å². The number of nitrogens with one attached hydrogen (secondary N) is 1. The highest BCUT2D eigenvalue weighted by molar-refractivity contribution is 5.97. The van der Waals surface area contributed by atoms with Crippen molar-refractivity contribution in [2.45, 2.75) is 60.0 Å². The predicted octanol–water partition coefficient (Wildman–Crippen LogP) is 5.93. The molecule has 0 aromatic heterocycles. The summed E-state index contributed by atoms with van der Waals surface area (Å²) in [4.78, 5) is 36.7. The molecule has 0 atom stereocenters. The van der Waals surface area contributed by atoms with Gasteiger partial charge in [-0.1, -0.05) is 45.0 Å². The summed E-state index contributed by atoms with van der Waals surface area (Å²) in [6, 6.07) is 13.7. The normalized spacial score (nSPS) is 11.7. The molecule has 2 aromatic rings. The molecule has 0 saturated heterocycles. The second-order valence-corrected chi connectivity index (χ2v) is 9.66. The van der Waals surface area contributed by atoms with Gasteiger partial charge < -0.3 is 10.1 Å². The summed E-state index contributed by atoms with van der Waals surface area (Å²) in [6.45, 7) is 11.5. The topological polar surface area (TPSA) is 72.5 Å². The average Bonchev–Trinajstić information content (AvgIpc) is 2.60. The molecule has 0 spiro atoms. The summed E-state index contributed by atoms with van der Waals surface area (Å²) in [5.74, 6) is -0.473. The Hall–Kier alpha value is -2.95. The number of benzene rings is 2. The molecule has 0 unspecified atom stereocenters. The maximum atomic E-state index is 12.3. The van der Waals surface area contributed by atoms with E-state index < -0.39 is 11.6 Å². The van der Waals surface area contributed by atoms with E-state index in [1.54, 1.807) is 48.5 Å². The maximum Gasteiger partial charge on any atom is 0.338 e. The van der Waals surface area contributed by atoms with Crippen molar-refractivity contribution in [3.05, 3.63) is 65.2 Å². The number of hydrogen-bond donors (Lipinski definition) is 1. The first-order chi connectivity index (χ1) is 13.8. The highest BCUT2D eigenvalue weighted by Crippen LogP contribution is 2.22. The van der Waals surface area contributed by atoms with Crippen LogP contribution in [0.5, 0.6) is 0 Å². The van der Waals surface area contributed by atoms with Gasteiger partial charge in [-0.3, -0.25) is 9.59 Å². The zero-order valence-electron chi connectivity index (χ0n) is 18.7. The van der Waals surface area contributed by atoms with Crippen LogP contribution in [0.3, 0.4) is 0 Å². The predicted molar refractivity (Wildman–Crippen MR) is 123 cm³/mol. The minimum atomic E-state index is -0.559. The van der Waals surface area contributed by atoms with Gasteiger partial charge >= 0.3 is 5.97 Å². The molecule has 2 aromatic carbocycles. The van der Waals surface area contributed by atoms with E-state index in [2.05, 4.69) is 5.32 Å². The minimum absolute atomic E-state index is 0. The van der Waals surface area contributed by atoms with E-state index in [0.29, 0.717) is 23.2 Å². The summed E-state index contributed by atoms with van der Waals surface area (Å²) >= 11 is 0. The van der Waals surface area contributed by atoms with Crippen LogP contribution in [0.15, 0.2) is 48.5 Å². The number of esters is 1. The summed E-state index contributed by atoms with van der Waals surface area (Å²) in [7, 11) is 0. The van der Waals surface area contributed by atoms with Gasteiger partial charge in [0.25, 0.3) is 0 Å². The van der Waals surface area contributed by atoms with Crippen LogP contribution in [0.4, 0.5) is 5.69 Å². The van der Waals surface area contributed by atoms with Crippen LogP contribution in [0.1, 0.15) is 77.1 Å². The Bertz CT molecular complexity index is 833. The van der Waals surface area contributed by atoms with Crippen molar-refractivity contribution < 1.29 is 22.0 Å². The molecule has 0 fully saturated rings. The van der Waals surface area contributed by atoms with Crippen LogP contribution in [-0.2, 0) is 16.0 Å². The summed E-state index contributed by atoms with van der Waals surface area (Å²) < 4.78 is 5.33. The van der Waals surface area contributed by atoms with Crippen molar-refractivity contribution in [3.8, 4) is 0 Å². The van der Waals surface area contributed by atoms with Crippen molar-refractivity contribution in [2.24, 2.45) is 5.41 Å². The number of hydrogen-bond acceptors (Lipinski definition) is 4. The van der Waals surface area contributed by atoms with Crippen LogP contribution < -0.4 is 5.32 Å². The highest BCUT2D eigenvalue weighted by atomic mass is 16.6. The van der Waals surface area contributed by atoms with Crippen molar-refractivity contribution in [1.29, 1.82) is 0 Å². The first-order valence-electron chi connectivity index (χ1n) is 10.1. The number of amides is 1. The monoisotopic (exact) mass is 413 g/mol. The molecule has 0 aliphatic rings. The van der Waals surface area contributed by atoms with Crippen LogP contribution >= 0.6 is 0 Å². The van der Waals surface area contributed by atoms with Crippen LogP contribution in [0.2, 0.25) is 0 Å². The Morgan fingerprint density at radius 2 is 1.37 bits per heavy atom. The maximum absolute atomic E-state index is 12.3. The standard InChI is InChI=1S/C25H31NO4.2H2/c1-24(2,3)16-21(27)18-9-7-17(8-10-18)15-22(28)26-20-13-11-19(12-14-20)23(29)30-25(4,5)6;;/h7-14H,15-16H2,1-6H3,(H,26,28);2*1H. The van der Waals surface area contributed by atoms with E-state index in [-0.39, 0.29) is 26.4 Å². The van der Waals surface area contributed by atoms with Crippen molar-refractivity contribution in [1.82, 2.24) is 0 Å². The SMILES string of the molecule is CC(C)(C)CC(=O)c1ccc(CC(=O)Nc2ccc(C(=O)OC(C)(C)C)cc2)cc1.[HH].[HH]. The van der Waals surface area contributed by atoms with Gasteiger partial charge in [-0.25, -0.2) is 4.79 Å². The molecule has 30 heavy (non-hydrogen) atoms. The third kappa shape index (κ3) is 7.82. The fourth-order valence-corrected chi connectivity index (χ4v) is 2.81. The molecule has 0 aliphatic carbocycles. The molecule has 1 amide bonds. The van der Waals surface area contributed by atoms with Gasteiger partial charge in [0, 0.05) is 20.5 Å². The lowest BCUT2D eigenvalue weighted by Gasteiger charge is -2.19. The Kier molecular flexibility index (Phi) is 7.19. The molecular formula is C25H35NO4. The third-order valence-corrected chi connectivity index (χ3v) is 4.13. The third-order valence-electron chi connectivity index (χ3n) is 4.13. The number of anilines is 1.